The highest BCUT2D eigenvalue weighted by molar-refractivity contribution is 5.71. The van der Waals surface area contributed by atoms with Gasteiger partial charge in [0.15, 0.2) is 6.10 Å². The van der Waals surface area contributed by atoms with Gasteiger partial charge in [-0.25, -0.2) is 0 Å². The summed E-state index contributed by atoms with van der Waals surface area (Å²) in [7, 11) is 0. The minimum atomic E-state index is -0.806. The van der Waals surface area contributed by atoms with Gasteiger partial charge in [-0.1, -0.05) is 271 Å². The van der Waals surface area contributed by atoms with Crippen molar-refractivity contribution < 1.29 is 28.6 Å². The van der Waals surface area contributed by atoms with Crippen LogP contribution in [-0.4, -0.2) is 37.2 Å². The molecule has 0 rings (SSSR count). The molecule has 0 aliphatic heterocycles. The average Bonchev–Trinajstić information content (AvgIpc) is 3.39. The first-order valence-corrected chi connectivity index (χ1v) is 30.1. The Morgan fingerprint density at radius 3 is 1.03 bits per heavy atom. The number of hydrogen-bond acceptors (Lipinski definition) is 6. The Kier molecular flexibility index (Phi) is 56.9. The Hall–Kier alpha value is -4.19. The summed E-state index contributed by atoms with van der Waals surface area (Å²) < 4.78 is 16.9. The molecule has 0 aromatic carbocycles. The maximum atomic E-state index is 12.9. The SMILES string of the molecule is CC\C=C/C=C\C=C/C=C\C=C\C=C/CCCCCC(=O)OCC(COC(=O)CCCCCCCCCCC/C=C\C/C=C\C/C=C\CC)OC(=O)CCCCCCCCC/C=C\CCCCCCCCCC. The number of carbonyl (C=O) groups excluding carboxylic acids is 3. The second-order valence-electron chi connectivity index (χ2n) is 19.6. The van der Waals surface area contributed by atoms with Gasteiger partial charge in [0.2, 0.25) is 0 Å². The van der Waals surface area contributed by atoms with Gasteiger partial charge < -0.3 is 14.2 Å². The minimum Gasteiger partial charge on any atom is -0.462 e. The number of hydrogen-bond donors (Lipinski definition) is 0. The molecule has 6 nitrogen and oxygen atoms in total. The standard InChI is InChI=1S/C67H110O6/c1-4-7-10-13-16-19-22-25-28-31-33-36-39-42-45-48-51-54-57-60-66(69)72-63-64(62-71-65(68)59-56-53-50-47-44-41-38-35-30-27-24-21-18-15-12-9-6-3)73-67(70)61-58-55-52-49-46-43-40-37-34-32-29-26-23-20-17-14-11-8-5-2/h7,9-10,12,15-16,18-19,21,24-25,27-28,30,32,34-35,38,41,44,64H,4-6,8,11,13-14,17,20,22-23,26,29,31,33,36-37,39-40,42-43,45-63H2,1-3H3/b10-7-,12-9-,18-15-,19-16-,24-21-,28-25-,30-27-,34-32-,38-35+,44-41-. The van der Waals surface area contributed by atoms with Crippen LogP contribution >= 0.6 is 0 Å². The molecular formula is C67H110O6. The Morgan fingerprint density at radius 2 is 0.603 bits per heavy atom. The quantitative estimate of drug-likeness (QED) is 0.0199. The Balaban J connectivity index is 4.48. The smallest absolute Gasteiger partial charge is 0.306 e. The van der Waals surface area contributed by atoms with E-state index < -0.39 is 6.10 Å². The lowest BCUT2D eigenvalue weighted by atomic mass is 10.1. The molecule has 0 aromatic rings. The van der Waals surface area contributed by atoms with E-state index in [9.17, 15) is 14.4 Å². The van der Waals surface area contributed by atoms with Crippen molar-refractivity contribution in [3.63, 3.8) is 0 Å². The van der Waals surface area contributed by atoms with Crippen LogP contribution in [0.2, 0.25) is 0 Å². The maximum Gasteiger partial charge on any atom is 0.306 e. The summed E-state index contributed by atoms with van der Waals surface area (Å²) >= 11 is 0. The molecule has 1 unspecified atom stereocenters. The first-order valence-electron chi connectivity index (χ1n) is 30.1. The van der Waals surface area contributed by atoms with Crippen molar-refractivity contribution in [1.82, 2.24) is 0 Å². The average molecular weight is 1010 g/mol. The fourth-order valence-electron chi connectivity index (χ4n) is 8.13. The number of allylic oxidation sites excluding steroid dienone is 20. The van der Waals surface area contributed by atoms with Crippen LogP contribution < -0.4 is 0 Å². The zero-order valence-corrected chi connectivity index (χ0v) is 47.4. The molecule has 0 heterocycles. The molecule has 414 valence electrons. The highest BCUT2D eigenvalue weighted by Crippen LogP contribution is 2.15. The Labute approximate surface area is 450 Å². The van der Waals surface area contributed by atoms with Gasteiger partial charge in [0, 0.05) is 19.3 Å². The summed E-state index contributed by atoms with van der Waals surface area (Å²) in [4.78, 5) is 38.3. The van der Waals surface area contributed by atoms with Crippen LogP contribution in [0.25, 0.3) is 0 Å². The third-order valence-corrected chi connectivity index (χ3v) is 12.6. The summed E-state index contributed by atoms with van der Waals surface area (Å²) in [6, 6.07) is 0. The molecule has 0 N–H and O–H groups in total. The zero-order chi connectivity index (χ0) is 52.9. The second-order valence-corrected chi connectivity index (χ2v) is 19.6. The Bertz CT molecular complexity index is 1540. The lowest BCUT2D eigenvalue weighted by Crippen LogP contribution is -2.30. The van der Waals surface area contributed by atoms with Crippen LogP contribution in [0.5, 0.6) is 0 Å². The normalized spacial score (nSPS) is 13.0. The first-order chi connectivity index (χ1) is 36.0. The van der Waals surface area contributed by atoms with Gasteiger partial charge in [-0.3, -0.25) is 14.4 Å². The second kappa shape index (κ2) is 60.4. The number of unbranched alkanes of at least 4 members (excludes halogenated alkanes) is 27. The van der Waals surface area contributed by atoms with Crippen molar-refractivity contribution in [1.29, 1.82) is 0 Å². The van der Waals surface area contributed by atoms with Crippen LogP contribution in [0.15, 0.2) is 122 Å². The largest absolute Gasteiger partial charge is 0.462 e. The maximum absolute atomic E-state index is 12.9. The lowest BCUT2D eigenvalue weighted by Gasteiger charge is -2.18. The molecule has 0 aliphatic carbocycles. The van der Waals surface area contributed by atoms with Gasteiger partial charge in [0.1, 0.15) is 13.2 Å². The molecule has 0 amide bonds. The van der Waals surface area contributed by atoms with E-state index in [0.29, 0.717) is 19.3 Å². The predicted octanol–water partition coefficient (Wildman–Crippen LogP) is 20.4. The van der Waals surface area contributed by atoms with Crippen molar-refractivity contribution in [2.45, 2.75) is 271 Å². The van der Waals surface area contributed by atoms with Crippen molar-refractivity contribution in [3.8, 4) is 0 Å². The van der Waals surface area contributed by atoms with Crippen LogP contribution in [-0.2, 0) is 28.6 Å². The van der Waals surface area contributed by atoms with E-state index in [0.717, 1.165) is 89.9 Å². The molecule has 0 aromatic heterocycles. The molecule has 6 heteroatoms. The third kappa shape index (κ3) is 58.6. The molecule has 0 aliphatic rings. The summed E-state index contributed by atoms with van der Waals surface area (Å²) in [6.45, 7) is 6.35. The number of rotatable bonds is 53. The molecule has 0 radical (unpaired) electrons. The van der Waals surface area contributed by atoms with Gasteiger partial charge in [0.05, 0.1) is 0 Å². The zero-order valence-electron chi connectivity index (χ0n) is 47.4. The van der Waals surface area contributed by atoms with Gasteiger partial charge in [-0.2, -0.15) is 0 Å². The van der Waals surface area contributed by atoms with E-state index in [2.05, 4.69) is 81.5 Å². The van der Waals surface area contributed by atoms with Crippen molar-refractivity contribution >= 4 is 17.9 Å². The van der Waals surface area contributed by atoms with Crippen molar-refractivity contribution in [2.24, 2.45) is 0 Å². The summed E-state index contributed by atoms with van der Waals surface area (Å²) in [6.07, 6.45) is 83.3. The van der Waals surface area contributed by atoms with E-state index in [4.69, 9.17) is 14.2 Å². The lowest BCUT2D eigenvalue weighted by molar-refractivity contribution is -0.167. The van der Waals surface area contributed by atoms with Gasteiger partial charge >= 0.3 is 17.9 Å². The van der Waals surface area contributed by atoms with Gasteiger partial charge in [-0.05, 0) is 96.3 Å². The van der Waals surface area contributed by atoms with E-state index in [-0.39, 0.29) is 31.1 Å². The summed E-state index contributed by atoms with van der Waals surface area (Å²) in [5, 5.41) is 0. The molecule has 0 spiro atoms. The van der Waals surface area contributed by atoms with Crippen molar-refractivity contribution in [2.75, 3.05) is 13.2 Å². The van der Waals surface area contributed by atoms with E-state index in [1.165, 1.54) is 135 Å². The van der Waals surface area contributed by atoms with Crippen LogP contribution in [0.4, 0.5) is 0 Å². The third-order valence-electron chi connectivity index (χ3n) is 12.6. The highest BCUT2D eigenvalue weighted by atomic mass is 16.6. The van der Waals surface area contributed by atoms with Crippen LogP contribution in [0.3, 0.4) is 0 Å². The minimum absolute atomic E-state index is 0.0996. The van der Waals surface area contributed by atoms with E-state index >= 15 is 0 Å². The highest BCUT2D eigenvalue weighted by Gasteiger charge is 2.19. The van der Waals surface area contributed by atoms with Gasteiger partial charge in [0.25, 0.3) is 0 Å². The fraction of sp³-hybridized carbons (Fsp3) is 0.657. The number of ether oxygens (including phenoxy) is 3. The summed E-state index contributed by atoms with van der Waals surface area (Å²) in [5.41, 5.74) is 0. The monoisotopic (exact) mass is 1010 g/mol. The number of esters is 3. The van der Waals surface area contributed by atoms with Crippen LogP contribution in [0.1, 0.15) is 265 Å². The molecule has 0 saturated carbocycles. The predicted molar refractivity (Wildman–Crippen MR) is 316 cm³/mol. The van der Waals surface area contributed by atoms with Crippen LogP contribution in [0, 0.1) is 0 Å². The van der Waals surface area contributed by atoms with E-state index in [1.807, 2.05) is 60.8 Å². The topological polar surface area (TPSA) is 78.9 Å². The molecule has 0 fully saturated rings. The molecular weight excluding hydrogens is 901 g/mol. The summed E-state index contributed by atoms with van der Waals surface area (Å²) in [5.74, 6) is -0.952. The van der Waals surface area contributed by atoms with E-state index in [1.54, 1.807) is 0 Å². The van der Waals surface area contributed by atoms with Gasteiger partial charge in [-0.15, -0.1) is 0 Å². The molecule has 0 saturated heterocycles. The first kappa shape index (κ1) is 68.8. The molecule has 73 heavy (non-hydrogen) atoms. The number of carbonyl (C=O) groups is 3. The fourth-order valence-corrected chi connectivity index (χ4v) is 8.13. The van der Waals surface area contributed by atoms with Crippen molar-refractivity contribution in [3.05, 3.63) is 122 Å². The molecule has 0 bridgehead atoms. The molecule has 1 atom stereocenters. The Morgan fingerprint density at radius 1 is 0.301 bits per heavy atom.